The lowest BCUT2D eigenvalue weighted by molar-refractivity contribution is 0.0944. The molecule has 1 aromatic heterocycles. The molecule has 0 spiro atoms. The Kier molecular flexibility index (Phi) is 4.10. The monoisotopic (exact) mass is 331 g/mol. The van der Waals surface area contributed by atoms with Crippen molar-refractivity contribution in [1.82, 2.24) is 14.9 Å². The second-order valence-corrected chi connectivity index (χ2v) is 6.87. The summed E-state index contributed by atoms with van der Waals surface area (Å²) >= 11 is 5.12. The molecule has 0 aliphatic heterocycles. The van der Waals surface area contributed by atoms with E-state index in [1.54, 1.807) is 25.2 Å². The van der Waals surface area contributed by atoms with E-state index in [4.69, 9.17) is 12.2 Å². The molecular weight excluding hydrogens is 310 g/mol. The van der Waals surface area contributed by atoms with Gasteiger partial charge in [0.15, 0.2) is 4.77 Å². The molecule has 1 saturated carbocycles. The van der Waals surface area contributed by atoms with Crippen LogP contribution in [0.2, 0.25) is 0 Å². The third-order valence-electron chi connectivity index (χ3n) is 4.72. The average molecular weight is 331 g/mol. The van der Waals surface area contributed by atoms with Crippen LogP contribution in [-0.2, 0) is 7.05 Å². The first-order valence-corrected chi connectivity index (χ1v) is 8.38. The molecule has 2 aromatic rings. The number of rotatable bonds is 5. The Morgan fingerprint density at radius 2 is 2.17 bits per heavy atom. The predicted molar refractivity (Wildman–Crippen MR) is 93.3 cm³/mol. The summed E-state index contributed by atoms with van der Waals surface area (Å²) in [5.41, 5.74) is 1.30. The van der Waals surface area contributed by atoms with Gasteiger partial charge in [-0.25, -0.2) is 0 Å². The number of aromatic nitrogens is 2. The zero-order chi connectivity index (χ0) is 16.6. The van der Waals surface area contributed by atoms with Gasteiger partial charge in [-0.1, -0.05) is 13.3 Å². The van der Waals surface area contributed by atoms with Crippen LogP contribution in [0.1, 0.15) is 43.0 Å². The summed E-state index contributed by atoms with van der Waals surface area (Å²) in [5, 5.41) is 3.56. The Balaban J connectivity index is 1.83. The van der Waals surface area contributed by atoms with Crippen LogP contribution in [0.3, 0.4) is 0 Å². The van der Waals surface area contributed by atoms with Gasteiger partial charge >= 0.3 is 0 Å². The number of carbonyl (C=O) groups excluding carboxylic acids is 1. The molecule has 5 nitrogen and oxygen atoms in total. The minimum absolute atomic E-state index is 0.103. The van der Waals surface area contributed by atoms with Crippen molar-refractivity contribution in [2.45, 2.75) is 32.6 Å². The van der Waals surface area contributed by atoms with Gasteiger partial charge in [0.1, 0.15) is 0 Å². The van der Waals surface area contributed by atoms with E-state index in [1.807, 2.05) is 0 Å². The van der Waals surface area contributed by atoms with Gasteiger partial charge in [0.2, 0.25) is 0 Å². The van der Waals surface area contributed by atoms with Gasteiger partial charge in [-0.2, -0.15) is 0 Å². The molecule has 0 radical (unpaired) electrons. The maximum atomic E-state index is 12.4. The van der Waals surface area contributed by atoms with E-state index < -0.39 is 0 Å². The summed E-state index contributed by atoms with van der Waals surface area (Å²) in [6, 6.07) is 5.06. The highest BCUT2D eigenvalue weighted by Crippen LogP contribution is 2.48. The fraction of sp³-hybridized carbons (Fsp3) is 0.471. The third-order valence-corrected chi connectivity index (χ3v) is 5.10. The molecule has 1 aromatic carbocycles. The molecule has 0 unspecified atom stereocenters. The van der Waals surface area contributed by atoms with E-state index in [-0.39, 0.29) is 11.5 Å². The zero-order valence-corrected chi connectivity index (χ0v) is 14.3. The fourth-order valence-corrected chi connectivity index (χ4v) is 3.23. The maximum absolute atomic E-state index is 12.4. The SMILES string of the molecule is CCCC1(CNC(=O)c2ccc3c(=O)n(C)c(=S)[nH]c3c2)CC1. The molecule has 3 rings (SSSR count). The Bertz CT molecular complexity index is 878. The summed E-state index contributed by atoms with van der Waals surface area (Å²) in [4.78, 5) is 27.5. The van der Waals surface area contributed by atoms with Gasteiger partial charge in [0.05, 0.1) is 10.9 Å². The summed E-state index contributed by atoms with van der Waals surface area (Å²) in [6.07, 6.45) is 4.70. The minimum atomic E-state index is -0.157. The first kappa shape index (κ1) is 15.9. The average Bonchev–Trinajstić information content (AvgIpc) is 3.30. The number of benzene rings is 1. The third kappa shape index (κ3) is 3.08. The molecule has 6 heteroatoms. The number of fused-ring (bicyclic) bond motifs is 1. The molecule has 0 bridgehead atoms. The van der Waals surface area contributed by atoms with Crippen LogP contribution < -0.4 is 10.9 Å². The summed E-state index contributed by atoms with van der Waals surface area (Å²) in [6.45, 7) is 2.90. The number of amides is 1. The van der Waals surface area contributed by atoms with Crippen molar-refractivity contribution in [2.24, 2.45) is 12.5 Å². The fourth-order valence-electron chi connectivity index (χ4n) is 3.04. The van der Waals surface area contributed by atoms with Gasteiger partial charge in [-0.3, -0.25) is 14.2 Å². The molecular formula is C17H21N3O2S. The van der Waals surface area contributed by atoms with Crippen molar-refractivity contribution in [1.29, 1.82) is 0 Å². The number of hydrogen-bond donors (Lipinski definition) is 2. The highest BCUT2D eigenvalue weighted by atomic mass is 32.1. The van der Waals surface area contributed by atoms with Crippen molar-refractivity contribution in [3.05, 3.63) is 38.9 Å². The first-order chi connectivity index (χ1) is 11.0. The van der Waals surface area contributed by atoms with Gasteiger partial charge in [-0.15, -0.1) is 0 Å². The Hall–Kier alpha value is -1.95. The van der Waals surface area contributed by atoms with Gasteiger partial charge < -0.3 is 10.3 Å². The second-order valence-electron chi connectivity index (χ2n) is 6.49. The van der Waals surface area contributed by atoms with Crippen molar-refractivity contribution in [2.75, 3.05) is 6.54 Å². The zero-order valence-electron chi connectivity index (χ0n) is 13.4. The molecule has 1 amide bonds. The van der Waals surface area contributed by atoms with E-state index in [0.29, 0.717) is 26.7 Å². The van der Waals surface area contributed by atoms with E-state index in [9.17, 15) is 9.59 Å². The highest BCUT2D eigenvalue weighted by Gasteiger charge is 2.41. The highest BCUT2D eigenvalue weighted by molar-refractivity contribution is 7.71. The molecule has 1 heterocycles. The standard InChI is InChI=1S/C17H21N3O2S/c1-3-6-17(7-8-17)10-18-14(21)11-4-5-12-13(9-11)19-16(23)20(2)15(12)22/h4-5,9H,3,6-8,10H2,1-2H3,(H,18,21)(H,19,23). The van der Waals surface area contributed by atoms with Crippen molar-refractivity contribution < 1.29 is 4.79 Å². The van der Waals surface area contributed by atoms with Crippen LogP contribution in [0, 0.1) is 10.2 Å². The molecule has 0 atom stereocenters. The number of nitrogens with zero attached hydrogens (tertiary/aromatic N) is 1. The lowest BCUT2D eigenvalue weighted by Crippen LogP contribution is -2.30. The summed E-state index contributed by atoms with van der Waals surface area (Å²) < 4.78 is 1.74. The van der Waals surface area contributed by atoms with Crippen molar-refractivity contribution >= 4 is 29.0 Å². The molecule has 1 fully saturated rings. The number of aromatic amines is 1. The largest absolute Gasteiger partial charge is 0.351 e. The van der Waals surface area contributed by atoms with Crippen LogP contribution in [0.25, 0.3) is 10.9 Å². The van der Waals surface area contributed by atoms with E-state index in [2.05, 4.69) is 17.2 Å². The molecule has 0 saturated heterocycles. The predicted octanol–water partition coefficient (Wildman–Crippen LogP) is 2.91. The lowest BCUT2D eigenvalue weighted by atomic mass is 10.0. The number of H-pyrrole nitrogens is 1. The Morgan fingerprint density at radius 3 is 2.83 bits per heavy atom. The second kappa shape index (κ2) is 5.92. The topological polar surface area (TPSA) is 66.9 Å². The van der Waals surface area contributed by atoms with Crippen LogP contribution in [0.15, 0.2) is 23.0 Å². The van der Waals surface area contributed by atoms with Gasteiger partial charge in [0, 0.05) is 19.2 Å². The number of nitrogens with one attached hydrogen (secondary N) is 2. The molecule has 2 N–H and O–H groups in total. The Labute approximate surface area is 139 Å². The Morgan fingerprint density at radius 1 is 1.43 bits per heavy atom. The summed E-state index contributed by atoms with van der Waals surface area (Å²) in [7, 11) is 1.63. The maximum Gasteiger partial charge on any atom is 0.261 e. The number of hydrogen-bond acceptors (Lipinski definition) is 3. The molecule has 1 aliphatic rings. The minimum Gasteiger partial charge on any atom is -0.351 e. The van der Waals surface area contributed by atoms with Crippen molar-refractivity contribution in [3.8, 4) is 0 Å². The summed E-state index contributed by atoms with van der Waals surface area (Å²) in [5.74, 6) is -0.103. The smallest absolute Gasteiger partial charge is 0.261 e. The van der Waals surface area contributed by atoms with Crippen LogP contribution in [0.5, 0.6) is 0 Å². The van der Waals surface area contributed by atoms with Gasteiger partial charge in [0.25, 0.3) is 11.5 Å². The first-order valence-electron chi connectivity index (χ1n) is 7.97. The van der Waals surface area contributed by atoms with Crippen LogP contribution in [-0.4, -0.2) is 22.0 Å². The molecule has 23 heavy (non-hydrogen) atoms. The number of carbonyl (C=O) groups is 1. The van der Waals surface area contributed by atoms with E-state index in [0.717, 1.165) is 19.4 Å². The van der Waals surface area contributed by atoms with Crippen LogP contribution >= 0.6 is 12.2 Å². The molecule has 1 aliphatic carbocycles. The van der Waals surface area contributed by atoms with E-state index >= 15 is 0 Å². The quantitative estimate of drug-likeness (QED) is 0.828. The molecule has 122 valence electrons. The van der Waals surface area contributed by atoms with Crippen molar-refractivity contribution in [3.63, 3.8) is 0 Å². The van der Waals surface area contributed by atoms with Crippen LogP contribution in [0.4, 0.5) is 0 Å². The van der Waals surface area contributed by atoms with E-state index in [1.165, 1.54) is 17.4 Å². The van der Waals surface area contributed by atoms with Gasteiger partial charge in [-0.05, 0) is 55.1 Å². The lowest BCUT2D eigenvalue weighted by Gasteiger charge is -2.15. The normalized spacial score (nSPS) is 15.6.